The van der Waals surface area contributed by atoms with Crippen molar-refractivity contribution in [2.75, 3.05) is 20.2 Å². The quantitative estimate of drug-likeness (QED) is 0.294. The number of halogens is 3. The molecule has 214 valence electrons. The Morgan fingerprint density at radius 2 is 1.66 bits per heavy atom. The zero-order chi connectivity index (χ0) is 28.6. The van der Waals surface area contributed by atoms with Crippen molar-refractivity contribution in [1.29, 1.82) is 0 Å². The lowest BCUT2D eigenvalue weighted by Gasteiger charge is -2.51. The number of fused-ring (bicyclic) bond motifs is 1. The van der Waals surface area contributed by atoms with Crippen LogP contribution in [-0.2, 0) is 12.7 Å². The second-order valence-corrected chi connectivity index (χ2v) is 10.9. The number of piperazine rings is 1. The third-order valence-corrected chi connectivity index (χ3v) is 8.63. The van der Waals surface area contributed by atoms with Gasteiger partial charge < -0.3 is 4.74 Å². The lowest BCUT2D eigenvalue weighted by molar-refractivity contribution is -0.146. The number of methoxy groups -OCH3 is 1. The Labute approximate surface area is 237 Å². The van der Waals surface area contributed by atoms with Crippen LogP contribution in [0.5, 0.6) is 5.75 Å². The summed E-state index contributed by atoms with van der Waals surface area (Å²) >= 11 is 0. The van der Waals surface area contributed by atoms with E-state index in [-0.39, 0.29) is 23.7 Å². The molecule has 0 spiro atoms. The van der Waals surface area contributed by atoms with Gasteiger partial charge in [-0.1, -0.05) is 60.7 Å². The number of ether oxygens (including phenoxy) is 1. The molecular weight excluding hydrogens is 529 g/mol. The second kappa shape index (κ2) is 11.3. The highest BCUT2D eigenvalue weighted by Gasteiger charge is 2.45. The molecule has 6 rings (SSSR count). The van der Waals surface area contributed by atoms with Gasteiger partial charge in [0.2, 0.25) is 0 Å². The van der Waals surface area contributed by atoms with Crippen molar-refractivity contribution in [3.63, 3.8) is 0 Å². The van der Waals surface area contributed by atoms with Crippen molar-refractivity contribution in [1.82, 2.24) is 30.0 Å². The molecule has 7 nitrogen and oxygen atoms in total. The van der Waals surface area contributed by atoms with Gasteiger partial charge in [-0.25, -0.2) is 0 Å². The first kappa shape index (κ1) is 27.4. The first-order chi connectivity index (χ1) is 19.8. The summed E-state index contributed by atoms with van der Waals surface area (Å²) in [6.45, 7) is 4.65. The highest BCUT2D eigenvalue weighted by atomic mass is 19.4. The Balaban J connectivity index is 1.37. The standard InChI is InChI=1S/C31H33F3N6O/c1-21-26-14-9-17-39(26)27(29(22-10-5-3-6-11-22)23-12-7-4-8-13-23)20-38(21)19-24-18-25(15-16-28(24)41-2)40-30(31(32,33)34)35-36-37-40/h3-8,10-13,15-16,18,21,26-27,29H,9,14,17,19-20H2,1-2H3/t21-,26+,27+/m1/s1. The summed E-state index contributed by atoms with van der Waals surface area (Å²) in [5, 5.41) is 10.1. The van der Waals surface area contributed by atoms with Crippen LogP contribution in [0.1, 0.15) is 48.2 Å². The highest BCUT2D eigenvalue weighted by Crippen LogP contribution is 2.40. The van der Waals surface area contributed by atoms with E-state index in [1.165, 1.54) is 11.1 Å². The number of rotatable bonds is 7. The highest BCUT2D eigenvalue weighted by molar-refractivity contribution is 5.44. The maximum absolute atomic E-state index is 13.6. The van der Waals surface area contributed by atoms with E-state index >= 15 is 0 Å². The molecule has 0 N–H and O–H groups in total. The van der Waals surface area contributed by atoms with E-state index in [2.05, 4.69) is 80.8 Å². The molecule has 0 aliphatic carbocycles. The summed E-state index contributed by atoms with van der Waals surface area (Å²) in [4.78, 5) is 5.15. The van der Waals surface area contributed by atoms with Crippen molar-refractivity contribution >= 4 is 0 Å². The number of benzene rings is 3. The summed E-state index contributed by atoms with van der Waals surface area (Å²) in [7, 11) is 1.58. The monoisotopic (exact) mass is 562 g/mol. The molecule has 3 aromatic carbocycles. The van der Waals surface area contributed by atoms with Gasteiger partial charge in [-0.2, -0.15) is 17.9 Å². The van der Waals surface area contributed by atoms with Gasteiger partial charge >= 0.3 is 6.18 Å². The van der Waals surface area contributed by atoms with Gasteiger partial charge in [0.05, 0.1) is 12.8 Å². The number of tetrazole rings is 1. The normalized spacial score (nSPS) is 21.8. The fourth-order valence-electron chi connectivity index (χ4n) is 6.74. The summed E-state index contributed by atoms with van der Waals surface area (Å²) < 4.78 is 47.1. The minimum Gasteiger partial charge on any atom is -0.496 e. The summed E-state index contributed by atoms with van der Waals surface area (Å²) in [6.07, 6.45) is -2.41. The summed E-state index contributed by atoms with van der Waals surface area (Å²) in [5.41, 5.74) is 3.60. The maximum atomic E-state index is 13.6. The smallest absolute Gasteiger partial charge is 0.453 e. The van der Waals surface area contributed by atoms with Crippen molar-refractivity contribution in [3.05, 3.63) is 101 Å². The van der Waals surface area contributed by atoms with Crippen molar-refractivity contribution < 1.29 is 17.9 Å². The van der Waals surface area contributed by atoms with Crippen LogP contribution in [0.4, 0.5) is 13.2 Å². The number of nitrogens with zero attached hydrogens (tertiary/aromatic N) is 6. The molecule has 0 saturated carbocycles. The Morgan fingerprint density at radius 3 is 2.29 bits per heavy atom. The number of hydrogen-bond donors (Lipinski definition) is 0. The first-order valence-corrected chi connectivity index (χ1v) is 14.0. The minimum atomic E-state index is -4.67. The third kappa shape index (κ3) is 5.34. The Kier molecular flexibility index (Phi) is 7.52. The van der Waals surface area contributed by atoms with Crippen molar-refractivity contribution in [3.8, 4) is 11.4 Å². The largest absolute Gasteiger partial charge is 0.496 e. The molecule has 2 aliphatic heterocycles. The fraction of sp³-hybridized carbons (Fsp3) is 0.387. The van der Waals surface area contributed by atoms with Gasteiger partial charge in [0.15, 0.2) is 0 Å². The topological polar surface area (TPSA) is 59.3 Å². The minimum absolute atomic E-state index is 0.178. The van der Waals surface area contributed by atoms with Crippen LogP contribution in [0.3, 0.4) is 0 Å². The molecule has 0 radical (unpaired) electrons. The molecule has 10 heteroatoms. The lowest BCUT2D eigenvalue weighted by atomic mass is 9.81. The number of hydrogen-bond acceptors (Lipinski definition) is 6. The first-order valence-electron chi connectivity index (χ1n) is 14.0. The second-order valence-electron chi connectivity index (χ2n) is 10.9. The van der Waals surface area contributed by atoms with Crippen LogP contribution in [0.15, 0.2) is 78.9 Å². The van der Waals surface area contributed by atoms with E-state index in [0.717, 1.165) is 36.2 Å². The average molecular weight is 563 g/mol. The van der Waals surface area contributed by atoms with Gasteiger partial charge in [0, 0.05) is 42.7 Å². The van der Waals surface area contributed by atoms with Crippen LogP contribution in [0, 0.1) is 0 Å². The van der Waals surface area contributed by atoms with Crippen LogP contribution >= 0.6 is 0 Å². The van der Waals surface area contributed by atoms with Gasteiger partial charge in [0.1, 0.15) is 5.75 Å². The summed E-state index contributed by atoms with van der Waals surface area (Å²) in [5.74, 6) is -0.359. The molecule has 3 atom stereocenters. The van der Waals surface area contributed by atoms with Crippen LogP contribution in [0.2, 0.25) is 0 Å². The zero-order valence-electron chi connectivity index (χ0n) is 23.1. The third-order valence-electron chi connectivity index (χ3n) is 8.63. The van der Waals surface area contributed by atoms with Gasteiger partial charge in [0.25, 0.3) is 5.82 Å². The number of aromatic nitrogens is 4. The fourth-order valence-corrected chi connectivity index (χ4v) is 6.74. The molecule has 2 saturated heterocycles. The number of alkyl halides is 3. The molecule has 0 amide bonds. The molecule has 41 heavy (non-hydrogen) atoms. The molecule has 1 aromatic heterocycles. The molecule has 0 unspecified atom stereocenters. The Morgan fingerprint density at radius 1 is 0.976 bits per heavy atom. The van der Waals surface area contributed by atoms with E-state index in [1.54, 1.807) is 25.3 Å². The van der Waals surface area contributed by atoms with Crippen LogP contribution in [0.25, 0.3) is 5.69 Å². The van der Waals surface area contributed by atoms with E-state index in [9.17, 15) is 13.2 Å². The predicted molar refractivity (Wildman–Crippen MR) is 149 cm³/mol. The van der Waals surface area contributed by atoms with Crippen LogP contribution < -0.4 is 4.74 Å². The SMILES string of the molecule is COc1ccc(-n2nnnc2C(F)(F)F)cc1CN1C[C@@H](C(c2ccccc2)c2ccccc2)N2CCC[C@H]2[C@H]1C. The lowest BCUT2D eigenvalue weighted by Crippen LogP contribution is -2.62. The average Bonchev–Trinajstić information content (AvgIpc) is 3.68. The molecule has 0 bridgehead atoms. The van der Waals surface area contributed by atoms with E-state index in [1.807, 2.05) is 12.1 Å². The Hall–Kier alpha value is -3.76. The predicted octanol–water partition coefficient (Wildman–Crippen LogP) is 5.56. The molecular formula is C31H33F3N6O. The van der Waals surface area contributed by atoms with E-state index < -0.39 is 12.0 Å². The van der Waals surface area contributed by atoms with Crippen molar-refractivity contribution in [2.24, 2.45) is 0 Å². The van der Waals surface area contributed by atoms with Crippen molar-refractivity contribution in [2.45, 2.75) is 56.5 Å². The molecule has 2 fully saturated rings. The van der Waals surface area contributed by atoms with E-state index in [4.69, 9.17) is 4.74 Å². The van der Waals surface area contributed by atoms with E-state index in [0.29, 0.717) is 18.3 Å². The summed E-state index contributed by atoms with van der Waals surface area (Å²) in [6, 6.07) is 27.2. The van der Waals surface area contributed by atoms with Gasteiger partial charge in [-0.05, 0) is 66.1 Å². The molecule has 3 heterocycles. The molecule has 4 aromatic rings. The van der Waals surface area contributed by atoms with Crippen LogP contribution in [-0.4, -0.2) is 68.3 Å². The maximum Gasteiger partial charge on any atom is 0.453 e. The van der Waals surface area contributed by atoms with Gasteiger partial charge in [-0.15, -0.1) is 5.10 Å². The molecule has 2 aliphatic rings. The van der Waals surface area contributed by atoms with Gasteiger partial charge in [-0.3, -0.25) is 9.80 Å². The zero-order valence-corrected chi connectivity index (χ0v) is 23.1. The Bertz CT molecular complexity index is 1420.